The maximum absolute atomic E-state index is 12.8. The summed E-state index contributed by atoms with van der Waals surface area (Å²) in [4.78, 5) is 29.0. The van der Waals surface area contributed by atoms with E-state index in [0.717, 1.165) is 37.3 Å². The van der Waals surface area contributed by atoms with E-state index in [1.807, 2.05) is 18.2 Å². The van der Waals surface area contributed by atoms with Gasteiger partial charge in [0.25, 0.3) is 5.91 Å². The second-order valence-electron chi connectivity index (χ2n) is 9.50. The highest BCUT2D eigenvalue weighted by Crippen LogP contribution is 2.40. The number of guanidine groups is 1. The van der Waals surface area contributed by atoms with Crippen molar-refractivity contribution in [1.29, 1.82) is 5.41 Å². The van der Waals surface area contributed by atoms with Gasteiger partial charge in [-0.15, -0.1) is 0 Å². The van der Waals surface area contributed by atoms with Gasteiger partial charge in [0.15, 0.2) is 17.5 Å². The van der Waals surface area contributed by atoms with Crippen molar-refractivity contribution >= 4 is 23.5 Å². The predicted molar refractivity (Wildman–Crippen MR) is 161 cm³/mol. The normalized spacial score (nSPS) is 13.3. The zero-order chi connectivity index (χ0) is 30.6. The highest BCUT2D eigenvalue weighted by molar-refractivity contribution is 6.05. The number of aromatic carboxylic acids is 1. The van der Waals surface area contributed by atoms with Crippen LogP contribution in [0.3, 0.4) is 0 Å². The third-order valence-electron chi connectivity index (χ3n) is 6.68. The van der Waals surface area contributed by atoms with Crippen LogP contribution >= 0.6 is 0 Å². The summed E-state index contributed by atoms with van der Waals surface area (Å²) >= 11 is 0. The van der Waals surface area contributed by atoms with E-state index < -0.39 is 5.97 Å². The number of carboxylic acids is 1. The van der Waals surface area contributed by atoms with E-state index >= 15 is 0 Å². The summed E-state index contributed by atoms with van der Waals surface area (Å²) < 4.78 is 16.5. The molecule has 0 unspecified atom stereocenters. The van der Waals surface area contributed by atoms with Crippen LogP contribution in [0.2, 0.25) is 0 Å². The van der Waals surface area contributed by atoms with E-state index in [0.29, 0.717) is 41.6 Å². The first-order valence-electron chi connectivity index (χ1n) is 13.2. The van der Waals surface area contributed by atoms with E-state index in [9.17, 15) is 14.7 Å². The summed E-state index contributed by atoms with van der Waals surface area (Å²) in [5.74, 6) is 0.239. The second kappa shape index (κ2) is 15.3. The van der Waals surface area contributed by atoms with Crippen LogP contribution < -0.4 is 31.0 Å². The van der Waals surface area contributed by atoms with Crippen LogP contribution in [-0.2, 0) is 13.1 Å². The van der Waals surface area contributed by atoms with Gasteiger partial charge in [0.1, 0.15) is 0 Å². The molecule has 0 atom stereocenters. The summed E-state index contributed by atoms with van der Waals surface area (Å²) in [6.45, 7) is 4.64. The first-order chi connectivity index (χ1) is 20.2. The van der Waals surface area contributed by atoms with Gasteiger partial charge in [-0.25, -0.2) is 4.79 Å². The summed E-state index contributed by atoms with van der Waals surface area (Å²) in [7, 11) is 4.83. The van der Waals surface area contributed by atoms with Gasteiger partial charge in [-0.3, -0.25) is 20.0 Å². The molecule has 12 nitrogen and oxygen atoms in total. The Morgan fingerprint density at radius 2 is 1.36 bits per heavy atom. The Labute approximate surface area is 245 Å². The highest BCUT2D eigenvalue weighted by atomic mass is 16.5. The molecule has 0 saturated carbocycles. The third-order valence-corrected chi connectivity index (χ3v) is 6.68. The lowest BCUT2D eigenvalue weighted by Gasteiger charge is -2.35. The molecule has 0 radical (unpaired) electrons. The van der Waals surface area contributed by atoms with Crippen LogP contribution in [-0.4, -0.2) is 80.3 Å². The average Bonchev–Trinajstić information content (AvgIpc) is 2.98. The molecule has 0 spiro atoms. The third kappa shape index (κ3) is 8.59. The predicted octanol–water partition coefficient (Wildman–Crippen LogP) is 2.82. The van der Waals surface area contributed by atoms with Gasteiger partial charge in [-0.2, -0.15) is 0 Å². The Hall–Kier alpha value is -4.81. The number of rotatable bonds is 10. The Morgan fingerprint density at radius 3 is 1.88 bits per heavy atom. The number of anilines is 1. The first kappa shape index (κ1) is 31.7. The monoisotopic (exact) mass is 578 g/mol. The zero-order valence-electron chi connectivity index (χ0n) is 24.1. The van der Waals surface area contributed by atoms with Crippen molar-refractivity contribution in [1.82, 2.24) is 9.80 Å². The molecule has 1 aliphatic heterocycles. The van der Waals surface area contributed by atoms with Gasteiger partial charge in [0.2, 0.25) is 5.75 Å². The SMILES string of the molecule is COc1ccc(CN2CCN(Cc3ccc(C(=O)O)cc3NC(=O)c3ccccc3)CC2)c(OC)c1OC.N=C(N)N. The van der Waals surface area contributed by atoms with Gasteiger partial charge in [-0.05, 0) is 35.9 Å². The number of piperazine rings is 1. The van der Waals surface area contributed by atoms with Gasteiger partial charge >= 0.3 is 5.97 Å². The van der Waals surface area contributed by atoms with E-state index in [1.165, 1.54) is 6.07 Å². The van der Waals surface area contributed by atoms with Crippen LogP contribution in [0.25, 0.3) is 0 Å². The van der Waals surface area contributed by atoms with E-state index in [2.05, 4.69) is 26.6 Å². The van der Waals surface area contributed by atoms with Crippen LogP contribution in [0, 0.1) is 5.41 Å². The molecular weight excluding hydrogens is 540 g/mol. The molecule has 1 saturated heterocycles. The fraction of sp³-hybridized carbons (Fsp3) is 0.300. The molecular formula is C30H38N6O6. The molecule has 7 N–H and O–H groups in total. The zero-order valence-corrected chi connectivity index (χ0v) is 24.1. The minimum absolute atomic E-state index is 0.130. The number of carbonyl (C=O) groups excluding carboxylic acids is 1. The summed E-state index contributed by atoms with van der Waals surface area (Å²) in [6, 6.07) is 17.6. The average molecular weight is 579 g/mol. The van der Waals surface area contributed by atoms with Crippen molar-refractivity contribution in [3.05, 3.63) is 82.9 Å². The van der Waals surface area contributed by atoms with Gasteiger partial charge in [0, 0.05) is 56.1 Å². The molecule has 1 heterocycles. The van der Waals surface area contributed by atoms with Crippen LogP contribution in [0.5, 0.6) is 17.2 Å². The lowest BCUT2D eigenvalue weighted by atomic mass is 10.1. The van der Waals surface area contributed by atoms with Gasteiger partial charge in [-0.1, -0.05) is 30.3 Å². The number of benzene rings is 3. The Balaban J connectivity index is 0.00000114. The molecule has 12 heteroatoms. The number of carbonyl (C=O) groups is 2. The standard InChI is InChI=1S/C29H33N3O6.CH5N3/c1-36-25-12-11-23(26(37-2)27(25)38-3)19-32-15-13-31(14-16-32)18-22-10-9-21(29(34)35)17-24(22)30-28(33)20-7-5-4-6-8-20;2-1(3)4/h4-12,17H,13-16,18-19H2,1-3H3,(H,30,33)(H,34,35);(H5,2,3,4). The lowest BCUT2D eigenvalue weighted by molar-refractivity contribution is 0.0696. The second-order valence-corrected chi connectivity index (χ2v) is 9.50. The number of hydrogen-bond acceptors (Lipinski definition) is 8. The Morgan fingerprint density at radius 1 is 0.810 bits per heavy atom. The number of methoxy groups -OCH3 is 3. The van der Waals surface area contributed by atoms with Gasteiger partial charge in [0.05, 0.1) is 26.9 Å². The number of nitrogens with one attached hydrogen (secondary N) is 2. The summed E-state index contributed by atoms with van der Waals surface area (Å²) in [5.41, 5.74) is 12.0. The molecule has 3 aromatic rings. The quantitative estimate of drug-likeness (QED) is 0.178. The van der Waals surface area contributed by atoms with E-state index in [-0.39, 0.29) is 17.4 Å². The first-order valence-corrected chi connectivity index (χ1v) is 13.2. The maximum atomic E-state index is 12.8. The lowest BCUT2D eigenvalue weighted by Crippen LogP contribution is -2.45. The van der Waals surface area contributed by atoms with Crippen molar-refractivity contribution in [3.63, 3.8) is 0 Å². The summed E-state index contributed by atoms with van der Waals surface area (Å²) in [6.07, 6.45) is 0. The van der Waals surface area contributed by atoms with E-state index in [1.54, 1.807) is 57.7 Å². The smallest absolute Gasteiger partial charge is 0.335 e. The van der Waals surface area contributed by atoms with Crippen molar-refractivity contribution in [2.45, 2.75) is 13.1 Å². The van der Waals surface area contributed by atoms with E-state index in [4.69, 9.17) is 19.6 Å². The fourth-order valence-electron chi connectivity index (χ4n) is 4.62. The molecule has 1 amide bonds. The van der Waals surface area contributed by atoms with Crippen molar-refractivity contribution in [2.24, 2.45) is 11.5 Å². The highest BCUT2D eigenvalue weighted by Gasteiger charge is 2.22. The molecule has 3 aromatic carbocycles. The Kier molecular flexibility index (Phi) is 11.5. The van der Waals surface area contributed by atoms with Crippen LogP contribution in [0.1, 0.15) is 31.8 Å². The van der Waals surface area contributed by atoms with Gasteiger partial charge < -0.3 is 36.1 Å². The number of carboxylic acid groups (broad SMARTS) is 1. The minimum atomic E-state index is -1.04. The van der Waals surface area contributed by atoms with Crippen molar-refractivity contribution < 1.29 is 28.9 Å². The molecule has 0 aromatic heterocycles. The number of ether oxygens (including phenoxy) is 3. The fourth-order valence-corrected chi connectivity index (χ4v) is 4.62. The topological polar surface area (TPSA) is 176 Å². The molecule has 224 valence electrons. The van der Waals surface area contributed by atoms with Crippen LogP contribution in [0.4, 0.5) is 5.69 Å². The molecule has 1 aliphatic rings. The molecule has 1 fully saturated rings. The van der Waals surface area contributed by atoms with Crippen molar-refractivity contribution in [2.75, 3.05) is 52.8 Å². The maximum Gasteiger partial charge on any atom is 0.335 e. The molecule has 4 rings (SSSR count). The number of nitrogens with two attached hydrogens (primary N) is 2. The number of hydrogen-bond donors (Lipinski definition) is 5. The minimum Gasteiger partial charge on any atom is -0.493 e. The van der Waals surface area contributed by atoms with Crippen molar-refractivity contribution in [3.8, 4) is 17.2 Å². The largest absolute Gasteiger partial charge is 0.493 e. The molecule has 0 bridgehead atoms. The number of amides is 1. The Bertz CT molecular complexity index is 1370. The molecule has 42 heavy (non-hydrogen) atoms. The van der Waals surface area contributed by atoms with Crippen LogP contribution in [0.15, 0.2) is 60.7 Å². The molecule has 0 aliphatic carbocycles. The number of nitrogens with zero attached hydrogens (tertiary/aromatic N) is 2. The summed E-state index contributed by atoms with van der Waals surface area (Å²) in [5, 5.41) is 18.4.